The van der Waals surface area contributed by atoms with Crippen molar-refractivity contribution in [1.82, 2.24) is 5.43 Å². The highest BCUT2D eigenvalue weighted by Gasteiger charge is 2.01. The minimum atomic E-state index is -0.295. The maximum Gasteiger partial charge on any atom is 0.277 e. The van der Waals surface area contributed by atoms with E-state index in [1.54, 1.807) is 37.6 Å². The summed E-state index contributed by atoms with van der Waals surface area (Å²) >= 11 is 0. The lowest BCUT2D eigenvalue weighted by Crippen LogP contribution is -2.24. The number of carbonyl (C=O) groups excluding carboxylic acids is 1. The number of aryl methyl sites for hydroxylation is 1. The van der Waals surface area contributed by atoms with Crippen LogP contribution in [-0.2, 0) is 11.2 Å². The van der Waals surface area contributed by atoms with E-state index in [0.717, 1.165) is 18.6 Å². The lowest BCUT2D eigenvalue weighted by molar-refractivity contribution is -0.123. The Kier molecular flexibility index (Phi) is 6.65. The number of hydrazone groups is 1. The van der Waals surface area contributed by atoms with Gasteiger partial charge in [-0.15, -0.1) is 0 Å². The van der Waals surface area contributed by atoms with Gasteiger partial charge in [-0.25, -0.2) is 5.43 Å². The molecule has 0 heterocycles. The van der Waals surface area contributed by atoms with Crippen molar-refractivity contribution in [3.05, 3.63) is 60.2 Å². The molecule has 0 aliphatic heterocycles. The number of benzene rings is 2. The second-order valence-corrected chi connectivity index (χ2v) is 4.84. The van der Waals surface area contributed by atoms with Crippen LogP contribution in [0.5, 0.6) is 11.5 Å². The Morgan fingerprint density at radius 2 is 1.78 bits per heavy atom. The highest BCUT2D eigenvalue weighted by molar-refractivity contribution is 5.78. The second-order valence-electron chi connectivity index (χ2n) is 4.84. The van der Waals surface area contributed by atoms with E-state index in [1.807, 2.05) is 18.2 Å². The van der Waals surface area contributed by atoms with Crippen molar-refractivity contribution in [2.75, 3.05) is 13.7 Å². The Morgan fingerprint density at radius 3 is 2.48 bits per heavy atom. The molecule has 0 bridgehead atoms. The fourth-order valence-corrected chi connectivity index (χ4v) is 1.91. The molecule has 0 fully saturated rings. The van der Waals surface area contributed by atoms with Gasteiger partial charge < -0.3 is 9.47 Å². The monoisotopic (exact) mass is 312 g/mol. The van der Waals surface area contributed by atoms with Gasteiger partial charge in [0, 0.05) is 6.21 Å². The summed E-state index contributed by atoms with van der Waals surface area (Å²) in [7, 11) is 1.60. The molecule has 2 aromatic rings. The molecule has 23 heavy (non-hydrogen) atoms. The van der Waals surface area contributed by atoms with Crippen LogP contribution < -0.4 is 14.9 Å². The molecule has 2 aromatic carbocycles. The van der Waals surface area contributed by atoms with E-state index in [9.17, 15) is 4.79 Å². The first-order valence-corrected chi connectivity index (χ1v) is 7.39. The Hall–Kier alpha value is -2.82. The van der Waals surface area contributed by atoms with Gasteiger partial charge in [0.25, 0.3) is 5.91 Å². The van der Waals surface area contributed by atoms with E-state index >= 15 is 0 Å². The molecule has 0 unspecified atom stereocenters. The number of nitrogens with one attached hydrogen (secondary N) is 1. The molecule has 0 spiro atoms. The zero-order valence-electron chi connectivity index (χ0n) is 13.1. The van der Waals surface area contributed by atoms with Crippen LogP contribution in [0.15, 0.2) is 59.7 Å². The lowest BCUT2D eigenvalue weighted by atomic mass is 10.1. The van der Waals surface area contributed by atoms with E-state index in [2.05, 4.69) is 22.7 Å². The molecular formula is C18H20N2O3. The molecule has 0 saturated carbocycles. The Labute approximate surface area is 135 Å². The van der Waals surface area contributed by atoms with E-state index in [0.29, 0.717) is 5.75 Å². The van der Waals surface area contributed by atoms with Crippen molar-refractivity contribution in [3.63, 3.8) is 0 Å². The minimum Gasteiger partial charge on any atom is -0.497 e. The van der Waals surface area contributed by atoms with Crippen LogP contribution in [0.1, 0.15) is 12.0 Å². The zero-order valence-corrected chi connectivity index (χ0v) is 13.1. The summed E-state index contributed by atoms with van der Waals surface area (Å²) in [6, 6.07) is 17.2. The van der Waals surface area contributed by atoms with Gasteiger partial charge in [0.15, 0.2) is 6.61 Å². The number of nitrogens with zero attached hydrogens (tertiary/aromatic N) is 1. The predicted octanol–water partition coefficient (Wildman–Crippen LogP) is 2.81. The zero-order chi connectivity index (χ0) is 16.3. The maximum absolute atomic E-state index is 11.6. The summed E-state index contributed by atoms with van der Waals surface area (Å²) in [6.07, 6.45) is 3.35. The summed E-state index contributed by atoms with van der Waals surface area (Å²) in [5.74, 6) is 1.05. The first-order chi connectivity index (χ1) is 11.3. The molecule has 0 atom stereocenters. The minimum absolute atomic E-state index is 0.0810. The summed E-state index contributed by atoms with van der Waals surface area (Å²) in [6.45, 7) is -0.0810. The number of ether oxygens (including phenoxy) is 2. The molecule has 2 rings (SSSR count). The molecule has 1 N–H and O–H groups in total. The Bertz CT molecular complexity index is 624. The van der Waals surface area contributed by atoms with Crippen LogP contribution >= 0.6 is 0 Å². The van der Waals surface area contributed by atoms with E-state index in [-0.39, 0.29) is 12.5 Å². The standard InChI is InChI=1S/C18H20N2O3/c1-22-16-9-11-17(12-10-16)23-14-18(21)20-19-13-5-8-15-6-3-2-4-7-15/h2-4,6-7,9-13H,5,8,14H2,1H3,(H,20,21)/b19-13-. The van der Waals surface area contributed by atoms with Crippen molar-refractivity contribution >= 4 is 12.1 Å². The molecule has 5 heteroatoms. The van der Waals surface area contributed by atoms with Crippen molar-refractivity contribution in [2.24, 2.45) is 5.10 Å². The number of methoxy groups -OCH3 is 1. The Morgan fingerprint density at radius 1 is 1.09 bits per heavy atom. The third kappa shape index (κ3) is 6.22. The second kappa shape index (κ2) is 9.25. The smallest absolute Gasteiger partial charge is 0.277 e. The molecule has 5 nitrogen and oxygen atoms in total. The number of hydrogen-bond donors (Lipinski definition) is 1. The highest BCUT2D eigenvalue weighted by atomic mass is 16.5. The summed E-state index contributed by atoms with van der Waals surface area (Å²) in [4.78, 5) is 11.6. The van der Waals surface area contributed by atoms with E-state index in [4.69, 9.17) is 9.47 Å². The van der Waals surface area contributed by atoms with Gasteiger partial charge in [-0.05, 0) is 42.7 Å². The lowest BCUT2D eigenvalue weighted by Gasteiger charge is -2.05. The predicted molar refractivity (Wildman–Crippen MR) is 89.9 cm³/mol. The quantitative estimate of drug-likeness (QED) is 0.602. The van der Waals surface area contributed by atoms with Gasteiger partial charge >= 0.3 is 0 Å². The van der Waals surface area contributed by atoms with Crippen molar-refractivity contribution in [2.45, 2.75) is 12.8 Å². The third-order valence-electron chi connectivity index (χ3n) is 3.11. The third-order valence-corrected chi connectivity index (χ3v) is 3.11. The summed E-state index contributed by atoms with van der Waals surface area (Å²) in [5.41, 5.74) is 3.69. The first-order valence-electron chi connectivity index (χ1n) is 7.39. The number of rotatable bonds is 8. The van der Waals surface area contributed by atoms with Crippen molar-refractivity contribution < 1.29 is 14.3 Å². The first kappa shape index (κ1) is 16.5. The fraction of sp³-hybridized carbons (Fsp3) is 0.222. The van der Waals surface area contributed by atoms with Crippen molar-refractivity contribution in [1.29, 1.82) is 0 Å². The fourth-order valence-electron chi connectivity index (χ4n) is 1.91. The molecular weight excluding hydrogens is 292 g/mol. The molecule has 0 aliphatic carbocycles. The molecule has 0 radical (unpaired) electrons. The average molecular weight is 312 g/mol. The van der Waals surface area contributed by atoms with Gasteiger partial charge in [-0.1, -0.05) is 30.3 Å². The number of hydrogen-bond acceptors (Lipinski definition) is 4. The van der Waals surface area contributed by atoms with Gasteiger partial charge in [-0.2, -0.15) is 5.10 Å². The SMILES string of the molecule is COc1ccc(OCC(=O)N/N=C\CCc2ccccc2)cc1. The van der Waals surface area contributed by atoms with Gasteiger partial charge in [-0.3, -0.25) is 4.79 Å². The molecule has 0 aliphatic rings. The molecule has 0 aromatic heterocycles. The average Bonchev–Trinajstić information content (AvgIpc) is 2.61. The normalized spacial score (nSPS) is 10.5. The molecule has 120 valence electrons. The van der Waals surface area contributed by atoms with Crippen molar-refractivity contribution in [3.8, 4) is 11.5 Å². The van der Waals surface area contributed by atoms with Gasteiger partial charge in [0.1, 0.15) is 11.5 Å². The number of carbonyl (C=O) groups is 1. The summed E-state index contributed by atoms with van der Waals surface area (Å²) in [5, 5.41) is 3.90. The van der Waals surface area contributed by atoms with Crippen LogP contribution in [0.2, 0.25) is 0 Å². The molecule has 1 amide bonds. The van der Waals surface area contributed by atoms with Crippen LogP contribution in [0.25, 0.3) is 0 Å². The van der Waals surface area contributed by atoms with Crippen LogP contribution in [0, 0.1) is 0 Å². The highest BCUT2D eigenvalue weighted by Crippen LogP contribution is 2.16. The summed E-state index contributed by atoms with van der Waals surface area (Å²) < 4.78 is 10.4. The molecule has 0 saturated heterocycles. The Balaban J connectivity index is 1.63. The maximum atomic E-state index is 11.6. The largest absolute Gasteiger partial charge is 0.497 e. The van der Waals surface area contributed by atoms with E-state index < -0.39 is 0 Å². The number of amides is 1. The van der Waals surface area contributed by atoms with E-state index in [1.165, 1.54) is 5.56 Å². The van der Waals surface area contributed by atoms with Gasteiger partial charge in [0.05, 0.1) is 7.11 Å². The van der Waals surface area contributed by atoms with Gasteiger partial charge in [0.2, 0.25) is 0 Å². The topological polar surface area (TPSA) is 59.9 Å². The van der Waals surface area contributed by atoms with Crippen LogP contribution in [0.4, 0.5) is 0 Å². The van der Waals surface area contributed by atoms with Crippen LogP contribution in [-0.4, -0.2) is 25.8 Å². The van der Waals surface area contributed by atoms with Crippen LogP contribution in [0.3, 0.4) is 0 Å².